The van der Waals surface area contributed by atoms with Crippen molar-refractivity contribution in [3.8, 4) is 0 Å². The van der Waals surface area contributed by atoms with Crippen LogP contribution < -0.4 is 0 Å². The second-order valence-corrected chi connectivity index (χ2v) is 9.41. The molecule has 0 aliphatic heterocycles. The van der Waals surface area contributed by atoms with Crippen molar-refractivity contribution in [1.29, 1.82) is 0 Å². The van der Waals surface area contributed by atoms with Crippen molar-refractivity contribution in [1.82, 2.24) is 19.9 Å². The normalized spacial score (nSPS) is 19.4. The minimum atomic E-state index is -0.467. The highest BCUT2D eigenvalue weighted by Gasteiger charge is 2.45. The first kappa shape index (κ1) is 22.3. The van der Waals surface area contributed by atoms with Gasteiger partial charge in [-0.25, -0.2) is 0 Å². The summed E-state index contributed by atoms with van der Waals surface area (Å²) in [6, 6.07) is 15.9. The summed E-state index contributed by atoms with van der Waals surface area (Å²) in [5.74, 6) is 0.655. The molecule has 0 radical (unpaired) electrons. The fourth-order valence-electron chi connectivity index (χ4n) is 5.87. The lowest BCUT2D eigenvalue weighted by Crippen LogP contribution is -2.40. The van der Waals surface area contributed by atoms with Gasteiger partial charge in [-0.3, -0.25) is 9.59 Å². The number of nitrogens with one attached hydrogen (secondary N) is 4. The summed E-state index contributed by atoms with van der Waals surface area (Å²) in [7, 11) is 0. The number of H-pyrrole nitrogens is 4. The summed E-state index contributed by atoms with van der Waals surface area (Å²) in [5, 5.41) is 0. The van der Waals surface area contributed by atoms with Crippen LogP contribution in [-0.2, 0) is 20.4 Å². The predicted molar refractivity (Wildman–Crippen MR) is 132 cm³/mol. The zero-order chi connectivity index (χ0) is 23.4. The fourth-order valence-corrected chi connectivity index (χ4v) is 5.87. The van der Waals surface area contributed by atoms with Crippen molar-refractivity contribution in [3.05, 3.63) is 96.1 Å². The predicted octanol–water partition coefficient (Wildman–Crippen LogP) is 5.54. The number of aromatic nitrogens is 4. The van der Waals surface area contributed by atoms with Gasteiger partial charge in [0.1, 0.15) is 10.8 Å². The Hall–Kier alpha value is -3.54. The third kappa shape index (κ3) is 3.67. The van der Waals surface area contributed by atoms with Crippen LogP contribution in [0.2, 0.25) is 0 Å². The summed E-state index contributed by atoms with van der Waals surface area (Å²) in [5.41, 5.74) is 3.14. The topological polar surface area (TPSA) is 97.3 Å². The summed E-state index contributed by atoms with van der Waals surface area (Å²) >= 11 is 0. The largest absolute Gasteiger partial charge is 0.364 e. The Morgan fingerprint density at radius 1 is 0.500 bits per heavy atom. The number of hydrogen-bond donors (Lipinski definition) is 4. The zero-order valence-corrected chi connectivity index (χ0v) is 19.4. The highest BCUT2D eigenvalue weighted by Crippen LogP contribution is 2.42. The Kier molecular flexibility index (Phi) is 6.14. The van der Waals surface area contributed by atoms with Gasteiger partial charge < -0.3 is 19.9 Å². The van der Waals surface area contributed by atoms with Gasteiger partial charge in [0.15, 0.2) is 11.6 Å². The Morgan fingerprint density at radius 2 is 0.824 bits per heavy atom. The Labute approximate surface area is 199 Å². The molecule has 0 spiro atoms. The summed E-state index contributed by atoms with van der Waals surface area (Å²) in [4.78, 5) is 37.8. The maximum absolute atomic E-state index is 12.5. The van der Waals surface area contributed by atoms with Gasteiger partial charge in [-0.2, -0.15) is 0 Å². The second-order valence-electron chi connectivity index (χ2n) is 9.41. The molecule has 4 aromatic rings. The molecule has 4 heterocycles. The Bertz CT molecular complexity index is 1020. The van der Waals surface area contributed by atoms with Gasteiger partial charge in [0.2, 0.25) is 0 Å². The number of aromatic amines is 4. The number of hydrogen-bond acceptors (Lipinski definition) is 2. The van der Waals surface area contributed by atoms with E-state index < -0.39 is 10.8 Å². The number of carbonyl (C=O) groups excluding carboxylic acids is 2. The molecule has 2 aliphatic carbocycles. The average molecular weight is 457 g/mol. The zero-order valence-electron chi connectivity index (χ0n) is 19.4. The quantitative estimate of drug-likeness (QED) is 0.324. The minimum Gasteiger partial charge on any atom is -0.364 e. The lowest BCUT2D eigenvalue weighted by atomic mass is 9.68. The van der Waals surface area contributed by atoms with Gasteiger partial charge in [-0.15, -0.1) is 0 Å². The van der Waals surface area contributed by atoms with Gasteiger partial charge in [0.05, 0.1) is 0 Å². The van der Waals surface area contributed by atoms with Crippen molar-refractivity contribution >= 4 is 11.6 Å². The average Bonchev–Trinajstić information content (AvgIpc) is 3.68. The van der Waals surface area contributed by atoms with Crippen LogP contribution in [0.3, 0.4) is 0 Å². The van der Waals surface area contributed by atoms with Crippen molar-refractivity contribution in [2.45, 2.75) is 62.2 Å². The monoisotopic (exact) mass is 456 g/mol. The molecule has 176 valence electrons. The molecule has 2 saturated carbocycles. The molecule has 0 amide bonds. The molecule has 4 aromatic heterocycles. The van der Waals surface area contributed by atoms with Gasteiger partial charge in [0, 0.05) is 60.4 Å². The van der Waals surface area contributed by atoms with E-state index in [1.165, 1.54) is 0 Å². The van der Waals surface area contributed by atoms with E-state index in [1.54, 1.807) is 0 Å². The number of Topliss-reactive ketones (excluding diaryl/α,β-unsaturated/α-hetero) is 2. The maximum atomic E-state index is 12.5. The molecule has 6 nitrogen and oxygen atoms in total. The first-order valence-electron chi connectivity index (χ1n) is 12.3. The van der Waals surface area contributed by atoms with Gasteiger partial charge in [-0.05, 0) is 74.2 Å². The Morgan fingerprint density at radius 3 is 1.06 bits per heavy atom. The fraction of sp³-hybridized carbons (Fsp3) is 0.357. The van der Waals surface area contributed by atoms with Crippen LogP contribution in [0, 0.1) is 0 Å². The van der Waals surface area contributed by atoms with Crippen molar-refractivity contribution < 1.29 is 9.59 Å². The molecular weight excluding hydrogens is 424 g/mol. The molecule has 2 aliphatic rings. The number of rotatable bonds is 4. The second kappa shape index (κ2) is 9.37. The number of carbonyl (C=O) groups is 2. The van der Waals surface area contributed by atoms with E-state index in [-0.39, 0.29) is 0 Å². The Balaban J connectivity index is 0.000000142. The molecule has 0 unspecified atom stereocenters. The third-order valence-corrected chi connectivity index (χ3v) is 7.59. The summed E-state index contributed by atoms with van der Waals surface area (Å²) < 4.78 is 0. The molecule has 6 rings (SSSR count). The van der Waals surface area contributed by atoms with E-state index in [4.69, 9.17) is 0 Å². The van der Waals surface area contributed by atoms with E-state index in [0.29, 0.717) is 24.4 Å². The highest BCUT2D eigenvalue weighted by atomic mass is 16.1. The molecule has 0 aromatic carbocycles. The van der Waals surface area contributed by atoms with E-state index in [2.05, 4.69) is 19.9 Å². The SMILES string of the molecule is O=C1CCCCC1(c1ccc[nH]1)c1ccc[nH]1.O=C1CCCCC1(c1ccc[nH]1)c1ccc[nH]1. The van der Waals surface area contributed by atoms with Gasteiger partial charge in [0.25, 0.3) is 0 Å². The first-order valence-corrected chi connectivity index (χ1v) is 12.3. The van der Waals surface area contributed by atoms with Gasteiger partial charge >= 0.3 is 0 Å². The van der Waals surface area contributed by atoms with Crippen LogP contribution in [0.15, 0.2) is 73.3 Å². The molecule has 4 N–H and O–H groups in total. The van der Waals surface area contributed by atoms with Gasteiger partial charge in [-0.1, -0.05) is 12.8 Å². The molecule has 6 heteroatoms. The molecule has 34 heavy (non-hydrogen) atoms. The summed E-state index contributed by atoms with van der Waals surface area (Å²) in [6.45, 7) is 0. The van der Waals surface area contributed by atoms with Crippen molar-refractivity contribution in [2.24, 2.45) is 0 Å². The van der Waals surface area contributed by atoms with E-state index in [1.807, 2.05) is 73.3 Å². The first-order chi connectivity index (χ1) is 16.7. The van der Waals surface area contributed by atoms with Crippen LogP contribution >= 0.6 is 0 Å². The smallest absolute Gasteiger partial charge is 0.150 e. The van der Waals surface area contributed by atoms with E-state index >= 15 is 0 Å². The van der Waals surface area contributed by atoms with E-state index in [9.17, 15) is 9.59 Å². The molecular formula is C28H32N4O2. The maximum Gasteiger partial charge on any atom is 0.150 e. The lowest BCUT2D eigenvalue weighted by Gasteiger charge is -2.34. The molecule has 0 saturated heterocycles. The van der Waals surface area contributed by atoms with Crippen molar-refractivity contribution in [2.75, 3.05) is 0 Å². The molecule has 0 bridgehead atoms. The van der Waals surface area contributed by atoms with Crippen LogP contribution in [0.25, 0.3) is 0 Å². The van der Waals surface area contributed by atoms with Crippen molar-refractivity contribution in [3.63, 3.8) is 0 Å². The van der Waals surface area contributed by atoms with Crippen LogP contribution in [-0.4, -0.2) is 31.5 Å². The highest BCUT2D eigenvalue weighted by molar-refractivity contribution is 5.94. The molecule has 0 atom stereocenters. The van der Waals surface area contributed by atoms with Crippen LogP contribution in [0.5, 0.6) is 0 Å². The summed E-state index contributed by atoms with van der Waals surface area (Å²) in [6.07, 6.45) is 14.9. The standard InChI is InChI=1S/2C14H16N2O/c2*17-13-7-1-2-8-14(13,11-5-3-9-15-11)12-6-4-10-16-12/h2*3-6,9-10,15-16H,1-2,7-8H2. The third-order valence-electron chi connectivity index (χ3n) is 7.59. The minimum absolute atomic E-state index is 0.327. The molecule has 2 fully saturated rings. The van der Waals surface area contributed by atoms with E-state index in [0.717, 1.165) is 61.3 Å². The van der Waals surface area contributed by atoms with Crippen LogP contribution in [0.4, 0.5) is 0 Å². The lowest BCUT2D eigenvalue weighted by molar-refractivity contribution is -0.126. The van der Waals surface area contributed by atoms with Crippen LogP contribution in [0.1, 0.15) is 74.1 Å². The number of ketones is 2.